The monoisotopic (exact) mass is 356 g/mol. The summed E-state index contributed by atoms with van der Waals surface area (Å²) < 4.78 is 16.9. The summed E-state index contributed by atoms with van der Waals surface area (Å²) in [5.74, 6) is -0.332. The molecule has 1 atom stereocenters. The van der Waals surface area contributed by atoms with Gasteiger partial charge in [-0.15, -0.1) is 0 Å². The molecule has 0 amide bonds. The van der Waals surface area contributed by atoms with E-state index in [-0.39, 0.29) is 11.6 Å². The lowest BCUT2D eigenvalue weighted by Gasteiger charge is -2.41. The van der Waals surface area contributed by atoms with E-state index in [0.717, 1.165) is 41.7 Å². The summed E-state index contributed by atoms with van der Waals surface area (Å²) >= 11 is 0. The van der Waals surface area contributed by atoms with Crippen LogP contribution in [0.4, 0.5) is 5.69 Å². The molecule has 6 nitrogen and oxygen atoms in total. The molecule has 6 heteroatoms. The van der Waals surface area contributed by atoms with E-state index in [1.54, 1.807) is 6.20 Å². The Bertz CT molecular complexity index is 830. The zero-order valence-electron chi connectivity index (χ0n) is 15.3. The van der Waals surface area contributed by atoms with Gasteiger partial charge < -0.3 is 19.1 Å². The minimum Gasteiger partial charge on any atom is -0.462 e. The summed E-state index contributed by atoms with van der Waals surface area (Å²) in [5, 5.41) is 0.978. The first-order valence-electron chi connectivity index (χ1n) is 9.15. The summed E-state index contributed by atoms with van der Waals surface area (Å²) in [4.78, 5) is 19.3. The number of hydrogen-bond donors (Lipinski definition) is 0. The normalized spacial score (nSPS) is 22.9. The number of carbonyl (C=O) groups is 1. The van der Waals surface area contributed by atoms with Gasteiger partial charge in [0.2, 0.25) is 0 Å². The summed E-state index contributed by atoms with van der Waals surface area (Å²) in [6.45, 7) is 7.55. The number of ether oxygens (including phenoxy) is 3. The van der Waals surface area contributed by atoms with Crippen molar-refractivity contribution in [2.45, 2.75) is 25.9 Å². The maximum Gasteiger partial charge on any atom is 0.341 e. The Labute approximate surface area is 153 Å². The van der Waals surface area contributed by atoms with Gasteiger partial charge in [-0.05, 0) is 26.0 Å². The highest BCUT2D eigenvalue weighted by atomic mass is 16.6. The highest BCUT2D eigenvalue weighted by Crippen LogP contribution is 2.36. The molecule has 2 fully saturated rings. The molecule has 2 aromatic rings. The Kier molecular flexibility index (Phi) is 4.54. The average molecular weight is 356 g/mol. The smallest absolute Gasteiger partial charge is 0.341 e. The van der Waals surface area contributed by atoms with Gasteiger partial charge in [0.25, 0.3) is 0 Å². The number of morpholine rings is 1. The van der Waals surface area contributed by atoms with E-state index in [1.165, 1.54) is 0 Å². The molecule has 0 N–H and O–H groups in total. The molecule has 0 aliphatic carbocycles. The Hall–Kier alpha value is -2.18. The lowest BCUT2D eigenvalue weighted by Crippen LogP contribution is -2.52. The van der Waals surface area contributed by atoms with Crippen molar-refractivity contribution in [3.63, 3.8) is 0 Å². The highest BCUT2D eigenvalue weighted by Gasteiger charge is 2.41. The van der Waals surface area contributed by atoms with Gasteiger partial charge in [0.1, 0.15) is 11.2 Å². The Morgan fingerprint density at radius 2 is 2.27 bits per heavy atom. The van der Waals surface area contributed by atoms with Gasteiger partial charge >= 0.3 is 5.97 Å². The molecule has 138 valence electrons. The molecule has 0 radical (unpaired) electrons. The minimum atomic E-state index is -0.332. The molecule has 0 bridgehead atoms. The topological polar surface area (TPSA) is 60.9 Å². The van der Waals surface area contributed by atoms with E-state index in [1.807, 2.05) is 26.0 Å². The van der Waals surface area contributed by atoms with Gasteiger partial charge in [0.15, 0.2) is 0 Å². The van der Waals surface area contributed by atoms with Gasteiger partial charge in [-0.2, -0.15) is 0 Å². The van der Waals surface area contributed by atoms with Gasteiger partial charge in [-0.25, -0.2) is 4.79 Å². The third-order valence-corrected chi connectivity index (χ3v) is 5.12. The molecule has 1 spiro atoms. The van der Waals surface area contributed by atoms with E-state index in [0.29, 0.717) is 31.9 Å². The molecule has 3 heterocycles. The molecule has 2 aliphatic heterocycles. The Morgan fingerprint density at radius 1 is 1.38 bits per heavy atom. The van der Waals surface area contributed by atoms with Crippen LogP contribution in [0, 0.1) is 6.92 Å². The second kappa shape index (κ2) is 6.85. The number of nitrogens with zero attached hydrogens (tertiary/aromatic N) is 2. The largest absolute Gasteiger partial charge is 0.462 e. The molecule has 2 saturated heterocycles. The van der Waals surface area contributed by atoms with Crippen LogP contribution in [0.15, 0.2) is 24.4 Å². The van der Waals surface area contributed by atoms with Crippen molar-refractivity contribution < 1.29 is 19.0 Å². The number of benzene rings is 1. The second-order valence-electron chi connectivity index (χ2n) is 7.02. The SMILES string of the molecule is CCOC(=O)c1cnc2ccc(C)cc2c1N1CCOC2(CCOC2)C1. The van der Waals surface area contributed by atoms with Crippen molar-refractivity contribution in [1.29, 1.82) is 0 Å². The number of hydrogen-bond acceptors (Lipinski definition) is 6. The van der Waals surface area contributed by atoms with Gasteiger partial charge in [-0.1, -0.05) is 11.6 Å². The van der Waals surface area contributed by atoms with Crippen LogP contribution < -0.4 is 4.90 Å². The van der Waals surface area contributed by atoms with Crippen LogP contribution in [0.1, 0.15) is 29.3 Å². The van der Waals surface area contributed by atoms with Crippen LogP contribution >= 0.6 is 0 Å². The van der Waals surface area contributed by atoms with Crippen LogP contribution in [0.3, 0.4) is 0 Å². The fraction of sp³-hybridized carbons (Fsp3) is 0.500. The quantitative estimate of drug-likeness (QED) is 0.788. The van der Waals surface area contributed by atoms with Gasteiger partial charge in [-0.3, -0.25) is 4.98 Å². The van der Waals surface area contributed by atoms with Crippen molar-refractivity contribution in [1.82, 2.24) is 4.98 Å². The average Bonchev–Trinajstić information content (AvgIpc) is 3.08. The summed E-state index contributed by atoms with van der Waals surface area (Å²) in [7, 11) is 0. The van der Waals surface area contributed by atoms with Crippen LogP contribution in [-0.4, -0.2) is 56.1 Å². The summed E-state index contributed by atoms with van der Waals surface area (Å²) in [6.07, 6.45) is 2.51. The van der Waals surface area contributed by atoms with Crippen LogP contribution in [-0.2, 0) is 14.2 Å². The second-order valence-corrected chi connectivity index (χ2v) is 7.02. The van der Waals surface area contributed by atoms with Crippen LogP contribution in [0.25, 0.3) is 10.9 Å². The fourth-order valence-corrected chi connectivity index (χ4v) is 3.85. The molecule has 1 aromatic carbocycles. The maximum atomic E-state index is 12.6. The molecule has 1 aromatic heterocycles. The number of fused-ring (bicyclic) bond motifs is 1. The summed E-state index contributed by atoms with van der Waals surface area (Å²) in [6, 6.07) is 6.13. The van der Waals surface area contributed by atoms with Crippen molar-refractivity contribution in [3.8, 4) is 0 Å². The number of rotatable bonds is 3. The first-order valence-corrected chi connectivity index (χ1v) is 9.15. The van der Waals surface area contributed by atoms with Crippen molar-refractivity contribution in [3.05, 3.63) is 35.5 Å². The number of esters is 1. The standard InChI is InChI=1S/C20H24N2O4/c1-3-25-19(23)16-11-21-17-5-4-14(2)10-15(17)18(16)22-7-9-26-20(12-22)6-8-24-13-20/h4-5,10-11H,3,6-9,12-13H2,1-2H3. The third-order valence-electron chi connectivity index (χ3n) is 5.12. The first-order chi connectivity index (χ1) is 12.6. The maximum absolute atomic E-state index is 12.6. The Morgan fingerprint density at radius 3 is 3.04 bits per heavy atom. The molecule has 26 heavy (non-hydrogen) atoms. The molecule has 1 unspecified atom stereocenters. The van der Waals surface area contributed by atoms with E-state index < -0.39 is 0 Å². The van der Waals surface area contributed by atoms with Crippen molar-refractivity contribution in [2.75, 3.05) is 44.4 Å². The molecule has 0 saturated carbocycles. The lowest BCUT2D eigenvalue weighted by atomic mass is 9.98. The number of carbonyl (C=O) groups excluding carboxylic acids is 1. The van der Waals surface area contributed by atoms with Crippen LogP contribution in [0.2, 0.25) is 0 Å². The van der Waals surface area contributed by atoms with Gasteiger partial charge in [0.05, 0.1) is 31.0 Å². The summed E-state index contributed by atoms with van der Waals surface area (Å²) in [5.41, 5.74) is 3.13. The predicted molar refractivity (Wildman–Crippen MR) is 98.8 cm³/mol. The van der Waals surface area contributed by atoms with Crippen LogP contribution in [0.5, 0.6) is 0 Å². The third kappa shape index (κ3) is 3.04. The first kappa shape index (κ1) is 17.2. The zero-order chi connectivity index (χ0) is 18.1. The molecular weight excluding hydrogens is 332 g/mol. The Balaban J connectivity index is 1.83. The number of pyridine rings is 1. The minimum absolute atomic E-state index is 0.288. The van der Waals surface area contributed by atoms with Gasteiger partial charge in [0, 0.05) is 37.7 Å². The lowest BCUT2D eigenvalue weighted by molar-refractivity contribution is -0.0579. The van der Waals surface area contributed by atoms with Crippen molar-refractivity contribution >= 4 is 22.6 Å². The number of aryl methyl sites for hydroxylation is 1. The number of aromatic nitrogens is 1. The predicted octanol–water partition coefficient (Wildman–Crippen LogP) is 2.72. The number of anilines is 1. The van der Waals surface area contributed by atoms with E-state index in [9.17, 15) is 4.79 Å². The highest BCUT2D eigenvalue weighted by molar-refractivity contribution is 6.05. The van der Waals surface area contributed by atoms with E-state index >= 15 is 0 Å². The fourth-order valence-electron chi connectivity index (χ4n) is 3.85. The van der Waals surface area contributed by atoms with Crippen molar-refractivity contribution in [2.24, 2.45) is 0 Å². The van der Waals surface area contributed by atoms with E-state index in [4.69, 9.17) is 14.2 Å². The van der Waals surface area contributed by atoms with E-state index in [2.05, 4.69) is 16.0 Å². The molecule has 2 aliphatic rings. The zero-order valence-corrected chi connectivity index (χ0v) is 15.3. The molecule has 4 rings (SSSR count). The molecular formula is C20H24N2O4.